The molecule has 21 heavy (non-hydrogen) atoms. The first-order chi connectivity index (χ1) is 10.1. The molecule has 1 atom stereocenters. The summed E-state index contributed by atoms with van der Waals surface area (Å²) in [5.74, 6) is -1.14. The normalized spacial score (nSPS) is 18.4. The van der Waals surface area contributed by atoms with E-state index in [-0.39, 0.29) is 12.6 Å². The van der Waals surface area contributed by atoms with E-state index in [0.29, 0.717) is 18.7 Å². The average Bonchev–Trinajstić information content (AvgIpc) is 2.50. The zero-order chi connectivity index (χ0) is 15.2. The van der Waals surface area contributed by atoms with Gasteiger partial charge in [0.15, 0.2) is 0 Å². The number of aliphatic hydroxyl groups is 1. The topological polar surface area (TPSA) is 69.6 Å². The number of piperidine rings is 1. The first-order valence-electron chi connectivity index (χ1n) is 7.10. The maximum atomic E-state index is 12.3. The molecule has 0 aliphatic carbocycles. The Morgan fingerprint density at radius 1 is 1.29 bits per heavy atom. The van der Waals surface area contributed by atoms with Gasteiger partial charge in [0.25, 0.3) is 0 Å². The Balaban J connectivity index is 2.00. The number of benzene rings is 1. The lowest BCUT2D eigenvalue weighted by Gasteiger charge is -2.35. The summed E-state index contributed by atoms with van der Waals surface area (Å²) in [7, 11) is 0. The van der Waals surface area contributed by atoms with Crippen molar-refractivity contribution in [3.63, 3.8) is 0 Å². The van der Waals surface area contributed by atoms with Crippen LogP contribution in [0, 0.1) is 0 Å². The van der Waals surface area contributed by atoms with Crippen LogP contribution in [-0.4, -0.2) is 41.0 Å². The molecule has 2 amide bonds. The SMILES string of the molecule is O=C(Nc1ccc(Br)cc1)C(=O)N1CCCCC1CCO. The Labute approximate surface area is 132 Å². The van der Waals surface area contributed by atoms with Crippen molar-refractivity contribution in [3.8, 4) is 0 Å². The highest BCUT2D eigenvalue weighted by atomic mass is 79.9. The smallest absolute Gasteiger partial charge is 0.313 e. The summed E-state index contributed by atoms with van der Waals surface area (Å²) < 4.78 is 0.908. The number of hydrogen-bond acceptors (Lipinski definition) is 3. The van der Waals surface area contributed by atoms with Crippen LogP contribution in [0.25, 0.3) is 0 Å². The molecule has 1 aliphatic rings. The highest BCUT2D eigenvalue weighted by Gasteiger charge is 2.30. The lowest BCUT2D eigenvalue weighted by atomic mass is 9.99. The Hall–Kier alpha value is -1.40. The van der Waals surface area contributed by atoms with Crippen LogP contribution in [0.5, 0.6) is 0 Å². The summed E-state index contributed by atoms with van der Waals surface area (Å²) in [6, 6.07) is 7.03. The molecule has 1 fully saturated rings. The van der Waals surface area contributed by atoms with Crippen molar-refractivity contribution in [1.29, 1.82) is 0 Å². The summed E-state index contributed by atoms with van der Waals surface area (Å²) in [5, 5.41) is 11.7. The van der Waals surface area contributed by atoms with Crippen LogP contribution in [0.2, 0.25) is 0 Å². The summed E-state index contributed by atoms with van der Waals surface area (Å²) in [5.41, 5.74) is 0.590. The average molecular weight is 355 g/mol. The molecule has 114 valence electrons. The Morgan fingerprint density at radius 2 is 2.00 bits per heavy atom. The van der Waals surface area contributed by atoms with Crippen molar-refractivity contribution >= 4 is 33.4 Å². The van der Waals surface area contributed by atoms with Crippen molar-refractivity contribution in [2.75, 3.05) is 18.5 Å². The Bertz CT molecular complexity index is 502. The van der Waals surface area contributed by atoms with Crippen molar-refractivity contribution < 1.29 is 14.7 Å². The summed E-state index contributed by atoms with van der Waals surface area (Å²) in [6.45, 7) is 0.611. The number of likely N-dealkylation sites (tertiary alicyclic amines) is 1. The maximum absolute atomic E-state index is 12.3. The van der Waals surface area contributed by atoms with Crippen molar-refractivity contribution in [3.05, 3.63) is 28.7 Å². The van der Waals surface area contributed by atoms with E-state index in [9.17, 15) is 9.59 Å². The maximum Gasteiger partial charge on any atom is 0.313 e. The van der Waals surface area contributed by atoms with Crippen molar-refractivity contribution in [2.45, 2.75) is 31.7 Å². The van der Waals surface area contributed by atoms with Gasteiger partial charge < -0.3 is 15.3 Å². The van der Waals surface area contributed by atoms with Crippen molar-refractivity contribution in [2.24, 2.45) is 0 Å². The highest BCUT2D eigenvalue weighted by molar-refractivity contribution is 9.10. The fraction of sp³-hybridized carbons (Fsp3) is 0.467. The first kappa shape index (κ1) is 16.0. The van der Waals surface area contributed by atoms with Crippen LogP contribution >= 0.6 is 15.9 Å². The monoisotopic (exact) mass is 354 g/mol. The largest absolute Gasteiger partial charge is 0.396 e. The van der Waals surface area contributed by atoms with Gasteiger partial charge in [0, 0.05) is 29.4 Å². The van der Waals surface area contributed by atoms with E-state index in [2.05, 4.69) is 21.2 Å². The lowest BCUT2D eigenvalue weighted by molar-refractivity contribution is -0.146. The summed E-state index contributed by atoms with van der Waals surface area (Å²) in [6.07, 6.45) is 3.30. The summed E-state index contributed by atoms with van der Waals surface area (Å²) in [4.78, 5) is 25.9. The second-order valence-electron chi connectivity index (χ2n) is 5.12. The van der Waals surface area contributed by atoms with Gasteiger partial charge in [-0.2, -0.15) is 0 Å². The molecule has 2 N–H and O–H groups in total. The molecule has 0 spiro atoms. The fourth-order valence-corrected chi connectivity index (χ4v) is 2.83. The molecule has 1 aromatic carbocycles. The van der Waals surface area contributed by atoms with E-state index in [1.807, 2.05) is 0 Å². The molecule has 2 rings (SSSR count). The Morgan fingerprint density at radius 3 is 2.67 bits per heavy atom. The quantitative estimate of drug-likeness (QED) is 0.817. The van der Waals surface area contributed by atoms with Gasteiger partial charge in [-0.25, -0.2) is 0 Å². The molecule has 0 bridgehead atoms. The van der Waals surface area contributed by atoms with E-state index < -0.39 is 11.8 Å². The molecule has 5 nitrogen and oxygen atoms in total. The van der Waals surface area contributed by atoms with Gasteiger partial charge in [-0.3, -0.25) is 9.59 Å². The second kappa shape index (κ2) is 7.56. The molecule has 0 aromatic heterocycles. The van der Waals surface area contributed by atoms with Gasteiger partial charge in [0.05, 0.1) is 0 Å². The molecule has 0 saturated carbocycles. The van der Waals surface area contributed by atoms with Crippen LogP contribution < -0.4 is 5.32 Å². The molecule has 1 unspecified atom stereocenters. The van der Waals surface area contributed by atoms with Gasteiger partial charge in [-0.1, -0.05) is 15.9 Å². The molecular formula is C15H19BrN2O3. The third-order valence-electron chi connectivity index (χ3n) is 3.65. The zero-order valence-corrected chi connectivity index (χ0v) is 13.3. The number of halogens is 1. The summed E-state index contributed by atoms with van der Waals surface area (Å²) >= 11 is 3.32. The number of nitrogens with one attached hydrogen (secondary N) is 1. The number of aliphatic hydroxyl groups excluding tert-OH is 1. The molecule has 1 aliphatic heterocycles. The van der Waals surface area contributed by atoms with Gasteiger partial charge in [0.2, 0.25) is 0 Å². The van der Waals surface area contributed by atoms with E-state index >= 15 is 0 Å². The van der Waals surface area contributed by atoms with Gasteiger partial charge in [-0.15, -0.1) is 0 Å². The van der Waals surface area contributed by atoms with Gasteiger partial charge in [0.1, 0.15) is 0 Å². The molecule has 1 heterocycles. The van der Waals surface area contributed by atoms with E-state index in [4.69, 9.17) is 5.11 Å². The van der Waals surface area contributed by atoms with Crippen LogP contribution in [0.15, 0.2) is 28.7 Å². The van der Waals surface area contributed by atoms with Crippen molar-refractivity contribution in [1.82, 2.24) is 4.90 Å². The highest BCUT2D eigenvalue weighted by Crippen LogP contribution is 2.20. The standard InChI is InChI=1S/C15H19BrN2O3/c16-11-4-6-12(7-5-11)17-14(20)15(21)18-9-2-1-3-13(18)8-10-19/h4-7,13,19H,1-3,8-10H2,(H,17,20). The minimum atomic E-state index is -0.623. The number of nitrogens with zero attached hydrogens (tertiary/aromatic N) is 1. The molecule has 6 heteroatoms. The van der Waals surface area contributed by atoms with Gasteiger partial charge >= 0.3 is 11.8 Å². The van der Waals surface area contributed by atoms with E-state index in [0.717, 1.165) is 23.7 Å². The lowest BCUT2D eigenvalue weighted by Crippen LogP contribution is -2.48. The second-order valence-corrected chi connectivity index (χ2v) is 6.04. The predicted molar refractivity (Wildman–Crippen MR) is 83.8 cm³/mol. The number of carbonyl (C=O) groups excluding carboxylic acids is 2. The Kier molecular flexibility index (Phi) is 5.76. The molecule has 0 radical (unpaired) electrons. The number of carbonyl (C=O) groups is 2. The predicted octanol–water partition coefficient (Wildman–Crippen LogP) is 2.15. The third-order valence-corrected chi connectivity index (χ3v) is 4.18. The number of hydrogen-bond donors (Lipinski definition) is 2. The zero-order valence-electron chi connectivity index (χ0n) is 11.7. The molecule has 1 aromatic rings. The number of rotatable bonds is 3. The minimum absolute atomic E-state index is 0.0305. The van der Waals surface area contributed by atoms with Crippen LogP contribution in [0.3, 0.4) is 0 Å². The van der Waals surface area contributed by atoms with E-state index in [1.54, 1.807) is 29.2 Å². The van der Waals surface area contributed by atoms with Gasteiger partial charge in [-0.05, 0) is 49.9 Å². The van der Waals surface area contributed by atoms with Crippen LogP contribution in [0.1, 0.15) is 25.7 Å². The third kappa shape index (κ3) is 4.28. The molecule has 1 saturated heterocycles. The van der Waals surface area contributed by atoms with E-state index in [1.165, 1.54) is 0 Å². The number of anilines is 1. The number of amides is 2. The minimum Gasteiger partial charge on any atom is -0.396 e. The first-order valence-corrected chi connectivity index (χ1v) is 7.89. The molecular weight excluding hydrogens is 336 g/mol. The van der Waals surface area contributed by atoms with Crippen LogP contribution in [0.4, 0.5) is 5.69 Å². The van der Waals surface area contributed by atoms with Crippen LogP contribution in [-0.2, 0) is 9.59 Å². The fourth-order valence-electron chi connectivity index (χ4n) is 2.57.